The second-order valence-electron chi connectivity index (χ2n) is 10.2. The summed E-state index contributed by atoms with van der Waals surface area (Å²) in [5.41, 5.74) is 4.31. The second-order valence-corrected chi connectivity index (χ2v) is 11.3. The zero-order chi connectivity index (χ0) is 31.3. The largest absolute Gasteiger partial charge is 0.493 e. The molecular weight excluding hydrogens is 593 g/mol. The van der Waals surface area contributed by atoms with Gasteiger partial charge >= 0.3 is 0 Å². The molecule has 5 aromatic rings. The second kappa shape index (κ2) is 13.2. The van der Waals surface area contributed by atoms with Gasteiger partial charge in [0.05, 0.1) is 48.8 Å². The van der Waals surface area contributed by atoms with Crippen molar-refractivity contribution < 1.29 is 23.5 Å². The summed E-state index contributed by atoms with van der Waals surface area (Å²) in [5, 5.41) is 7.53. The van der Waals surface area contributed by atoms with Crippen LogP contribution in [-0.2, 0) is 16.1 Å². The van der Waals surface area contributed by atoms with Crippen molar-refractivity contribution in [2.75, 3.05) is 31.4 Å². The molecule has 11 heteroatoms. The van der Waals surface area contributed by atoms with Crippen LogP contribution in [0, 0.1) is 5.82 Å². The number of hydrogen-bond acceptors (Lipinski definition) is 7. The Morgan fingerprint density at radius 1 is 0.978 bits per heavy atom. The number of carbonyl (C=O) groups is 2. The summed E-state index contributed by atoms with van der Waals surface area (Å²) >= 11 is 1.44. The van der Waals surface area contributed by atoms with E-state index in [0.29, 0.717) is 34.4 Å². The Balaban J connectivity index is 1.53. The molecule has 6 rings (SSSR count). The van der Waals surface area contributed by atoms with Crippen LogP contribution in [0.2, 0.25) is 0 Å². The van der Waals surface area contributed by atoms with Crippen LogP contribution < -0.4 is 19.7 Å². The highest BCUT2D eigenvalue weighted by atomic mass is 32.2. The number of nitrogens with zero attached hydrogens (tertiary/aromatic N) is 4. The molecular formula is C34H30FN5O4S. The molecule has 0 saturated carbocycles. The smallest absolute Gasteiger partial charge is 0.240 e. The van der Waals surface area contributed by atoms with Crippen LogP contribution >= 0.6 is 11.8 Å². The molecule has 45 heavy (non-hydrogen) atoms. The SMILES string of the molecule is COc1ccc([C@H]2SCC(=O)N(CC(=O)NCc3ccccn3)c3c2c(-c2ccccc2)nn3-c2ccc(F)cc2)cc1OC. The van der Waals surface area contributed by atoms with Crippen LogP contribution in [0.25, 0.3) is 16.9 Å². The Bertz CT molecular complexity index is 1820. The number of halogens is 1. The van der Waals surface area contributed by atoms with Crippen LogP contribution in [0.5, 0.6) is 11.5 Å². The number of nitrogens with one attached hydrogen (secondary N) is 1. The van der Waals surface area contributed by atoms with Crippen molar-refractivity contribution in [1.82, 2.24) is 20.1 Å². The van der Waals surface area contributed by atoms with E-state index in [-0.39, 0.29) is 35.9 Å². The van der Waals surface area contributed by atoms with Crippen molar-refractivity contribution in [3.05, 3.63) is 120 Å². The van der Waals surface area contributed by atoms with Crippen LogP contribution in [0.4, 0.5) is 10.2 Å². The quantitative estimate of drug-likeness (QED) is 0.229. The van der Waals surface area contributed by atoms with Gasteiger partial charge in [0.1, 0.15) is 18.2 Å². The van der Waals surface area contributed by atoms with Gasteiger partial charge in [-0.1, -0.05) is 42.5 Å². The van der Waals surface area contributed by atoms with Gasteiger partial charge < -0.3 is 14.8 Å². The van der Waals surface area contributed by atoms with E-state index in [1.807, 2.05) is 60.7 Å². The number of amides is 2. The Hall–Kier alpha value is -5.16. The summed E-state index contributed by atoms with van der Waals surface area (Å²) in [4.78, 5) is 33.1. The number of methoxy groups -OCH3 is 2. The lowest BCUT2D eigenvalue weighted by Crippen LogP contribution is -2.42. The molecule has 9 nitrogen and oxygen atoms in total. The predicted molar refractivity (Wildman–Crippen MR) is 171 cm³/mol. The number of rotatable bonds is 9. The minimum atomic E-state index is -0.402. The summed E-state index contributed by atoms with van der Waals surface area (Å²) in [6, 6.07) is 26.7. The Labute approximate surface area is 264 Å². The lowest BCUT2D eigenvalue weighted by molar-refractivity contribution is -0.123. The maximum Gasteiger partial charge on any atom is 0.240 e. The number of thioether (sulfide) groups is 1. The molecule has 2 aromatic heterocycles. The molecule has 3 heterocycles. The molecule has 0 saturated heterocycles. The highest BCUT2D eigenvalue weighted by molar-refractivity contribution is 8.00. The zero-order valence-corrected chi connectivity index (χ0v) is 25.5. The Kier molecular flexibility index (Phi) is 8.79. The third-order valence-electron chi connectivity index (χ3n) is 7.41. The van der Waals surface area contributed by atoms with Crippen molar-refractivity contribution >= 4 is 29.4 Å². The first-order valence-electron chi connectivity index (χ1n) is 14.2. The summed E-state index contributed by atoms with van der Waals surface area (Å²) in [5.74, 6) is 0.629. The standard InChI is InChI=1S/C34H30FN5O4S/c1-43-27-16-11-23(18-28(27)44-2)33-31-32(22-8-4-3-5-9-22)38-40(26-14-12-24(35)13-15-26)34(31)39(30(42)21-45-33)20-29(41)37-19-25-10-6-7-17-36-25/h3-18,33H,19-21H2,1-2H3,(H,37,41)/t33-/m1/s1. The van der Waals surface area contributed by atoms with Crippen LogP contribution in [0.1, 0.15) is 22.1 Å². The van der Waals surface area contributed by atoms with Gasteiger partial charge in [-0.15, -0.1) is 11.8 Å². The molecule has 0 bridgehead atoms. The van der Waals surface area contributed by atoms with Gasteiger partial charge in [0, 0.05) is 17.3 Å². The van der Waals surface area contributed by atoms with E-state index in [4.69, 9.17) is 14.6 Å². The third kappa shape index (κ3) is 6.25. The molecule has 0 unspecified atom stereocenters. The van der Waals surface area contributed by atoms with E-state index in [1.165, 1.54) is 28.8 Å². The minimum Gasteiger partial charge on any atom is -0.493 e. The molecule has 1 aliphatic rings. The molecule has 1 aliphatic heterocycles. The highest BCUT2D eigenvalue weighted by Crippen LogP contribution is 2.49. The summed E-state index contributed by atoms with van der Waals surface area (Å²) in [6.45, 7) is -0.0386. The van der Waals surface area contributed by atoms with Gasteiger partial charge in [0.2, 0.25) is 11.8 Å². The van der Waals surface area contributed by atoms with E-state index < -0.39 is 5.82 Å². The first-order valence-corrected chi connectivity index (χ1v) is 15.3. The molecule has 0 radical (unpaired) electrons. The lowest BCUT2D eigenvalue weighted by atomic mass is 9.99. The molecule has 1 N–H and O–H groups in total. The molecule has 2 amide bonds. The van der Waals surface area contributed by atoms with E-state index >= 15 is 0 Å². The number of hydrogen-bond donors (Lipinski definition) is 1. The van der Waals surface area contributed by atoms with Crippen LogP contribution in [0.3, 0.4) is 0 Å². The summed E-state index contributed by atoms with van der Waals surface area (Å²) < 4.78 is 26.8. The topological polar surface area (TPSA) is 98.6 Å². The van der Waals surface area contributed by atoms with Crippen molar-refractivity contribution in [3.63, 3.8) is 0 Å². The molecule has 3 aromatic carbocycles. The maximum absolute atomic E-state index is 14.1. The number of carbonyl (C=O) groups excluding carboxylic acids is 2. The molecule has 1 atom stereocenters. The first-order chi connectivity index (χ1) is 22.0. The average molecular weight is 624 g/mol. The van der Waals surface area contributed by atoms with Crippen LogP contribution in [0.15, 0.2) is 97.2 Å². The Morgan fingerprint density at radius 2 is 1.73 bits per heavy atom. The molecule has 228 valence electrons. The lowest BCUT2D eigenvalue weighted by Gasteiger charge is -2.23. The maximum atomic E-state index is 14.1. The number of pyridine rings is 1. The van der Waals surface area contributed by atoms with Crippen molar-refractivity contribution in [3.8, 4) is 28.4 Å². The summed E-state index contributed by atoms with van der Waals surface area (Å²) in [6.07, 6.45) is 1.66. The van der Waals surface area contributed by atoms with Gasteiger partial charge in [0.15, 0.2) is 11.5 Å². The Morgan fingerprint density at radius 3 is 2.44 bits per heavy atom. The van der Waals surface area contributed by atoms with Crippen molar-refractivity contribution in [1.29, 1.82) is 0 Å². The van der Waals surface area contributed by atoms with Gasteiger partial charge in [-0.2, -0.15) is 5.10 Å². The monoisotopic (exact) mass is 623 g/mol. The number of aromatic nitrogens is 3. The van der Waals surface area contributed by atoms with Gasteiger partial charge in [-0.3, -0.25) is 19.5 Å². The molecule has 0 fully saturated rings. The van der Waals surface area contributed by atoms with Gasteiger partial charge in [-0.05, 0) is 54.1 Å². The summed E-state index contributed by atoms with van der Waals surface area (Å²) in [7, 11) is 3.15. The first kappa shape index (κ1) is 29.9. The minimum absolute atomic E-state index is 0.0961. The highest BCUT2D eigenvalue weighted by Gasteiger charge is 2.38. The van der Waals surface area contributed by atoms with E-state index in [9.17, 15) is 14.0 Å². The fraction of sp³-hybridized carbons (Fsp3) is 0.176. The third-order valence-corrected chi connectivity index (χ3v) is 8.67. The average Bonchev–Trinajstić information content (AvgIpc) is 3.40. The van der Waals surface area contributed by atoms with Gasteiger partial charge in [-0.25, -0.2) is 9.07 Å². The fourth-order valence-corrected chi connectivity index (χ4v) is 6.45. The van der Waals surface area contributed by atoms with E-state index in [1.54, 1.807) is 43.3 Å². The number of ether oxygens (including phenoxy) is 2. The number of fused-ring (bicyclic) bond motifs is 1. The number of benzene rings is 3. The number of anilines is 1. The normalized spacial score (nSPS) is 14.4. The van der Waals surface area contributed by atoms with Gasteiger partial charge in [0.25, 0.3) is 0 Å². The van der Waals surface area contributed by atoms with E-state index in [0.717, 1.165) is 16.7 Å². The fourth-order valence-electron chi connectivity index (χ4n) is 5.26. The van der Waals surface area contributed by atoms with Crippen molar-refractivity contribution in [2.24, 2.45) is 0 Å². The van der Waals surface area contributed by atoms with E-state index in [2.05, 4.69) is 10.3 Å². The zero-order valence-electron chi connectivity index (χ0n) is 24.6. The predicted octanol–water partition coefficient (Wildman–Crippen LogP) is 5.58. The van der Waals surface area contributed by atoms with Crippen LogP contribution in [-0.4, -0.2) is 53.1 Å². The van der Waals surface area contributed by atoms with Crippen molar-refractivity contribution in [2.45, 2.75) is 11.8 Å². The molecule has 0 spiro atoms. The molecule has 0 aliphatic carbocycles.